The van der Waals surface area contributed by atoms with Gasteiger partial charge in [0.05, 0.1) is 42.8 Å². The van der Waals surface area contributed by atoms with Crippen LogP contribution in [0.2, 0.25) is 0 Å². The number of anilines is 2. The van der Waals surface area contributed by atoms with Crippen molar-refractivity contribution in [1.82, 2.24) is 4.98 Å². The molecular weight excluding hydrogens is 384 g/mol. The Morgan fingerprint density at radius 2 is 1.80 bits per heavy atom. The van der Waals surface area contributed by atoms with Gasteiger partial charge in [0.15, 0.2) is 0 Å². The maximum Gasteiger partial charge on any atom is 0.341 e. The fraction of sp³-hybridized carbons (Fsp3) is 0.261. The third-order valence-corrected chi connectivity index (χ3v) is 4.41. The van der Waals surface area contributed by atoms with Crippen molar-refractivity contribution >= 4 is 34.2 Å². The van der Waals surface area contributed by atoms with Crippen molar-refractivity contribution in [3.8, 4) is 5.75 Å². The number of hydrogen-bond acceptors (Lipinski definition) is 7. The maximum atomic E-state index is 12.6. The fourth-order valence-corrected chi connectivity index (χ4v) is 3.04. The zero-order chi connectivity index (χ0) is 21.5. The van der Waals surface area contributed by atoms with Gasteiger partial charge < -0.3 is 19.5 Å². The van der Waals surface area contributed by atoms with Crippen LogP contribution in [0.3, 0.4) is 0 Å². The van der Waals surface area contributed by atoms with Gasteiger partial charge >= 0.3 is 11.9 Å². The highest BCUT2D eigenvalue weighted by Crippen LogP contribution is 2.34. The molecule has 0 bridgehead atoms. The maximum absolute atomic E-state index is 12.6. The number of hydrogen-bond donors (Lipinski definition) is 1. The molecule has 0 amide bonds. The van der Waals surface area contributed by atoms with Crippen LogP contribution in [0.4, 0.5) is 11.4 Å². The Morgan fingerprint density at radius 1 is 1.00 bits per heavy atom. The van der Waals surface area contributed by atoms with Gasteiger partial charge in [0, 0.05) is 11.6 Å². The molecule has 0 aliphatic rings. The number of pyridine rings is 1. The summed E-state index contributed by atoms with van der Waals surface area (Å²) in [5, 5.41) is 3.89. The molecule has 3 aromatic rings. The van der Waals surface area contributed by atoms with E-state index in [0.717, 1.165) is 6.42 Å². The summed E-state index contributed by atoms with van der Waals surface area (Å²) in [6.07, 6.45) is 2.27. The summed E-state index contributed by atoms with van der Waals surface area (Å²) in [5.41, 5.74) is 2.16. The lowest BCUT2D eigenvalue weighted by Gasteiger charge is -2.17. The molecule has 2 aromatic carbocycles. The molecular formula is C23H24N2O5. The van der Waals surface area contributed by atoms with E-state index in [9.17, 15) is 9.59 Å². The van der Waals surface area contributed by atoms with Crippen LogP contribution in [-0.2, 0) is 9.47 Å². The lowest BCUT2D eigenvalue weighted by Crippen LogP contribution is -2.11. The molecule has 0 atom stereocenters. The van der Waals surface area contributed by atoms with Crippen LogP contribution in [0.15, 0.2) is 48.7 Å². The third-order valence-electron chi connectivity index (χ3n) is 4.41. The van der Waals surface area contributed by atoms with Crippen molar-refractivity contribution < 1.29 is 23.8 Å². The van der Waals surface area contributed by atoms with E-state index in [-0.39, 0.29) is 12.2 Å². The summed E-state index contributed by atoms with van der Waals surface area (Å²) in [6.45, 7) is 4.56. The van der Waals surface area contributed by atoms with Crippen LogP contribution in [0.25, 0.3) is 10.9 Å². The molecule has 1 N–H and O–H groups in total. The SMILES string of the molecule is CCCOc1ccccc1Nc1c(C(=O)OCC)cnc2c(C(=O)OC)cccc12. The summed E-state index contributed by atoms with van der Waals surface area (Å²) < 4.78 is 15.9. The van der Waals surface area contributed by atoms with Gasteiger partial charge in [-0.05, 0) is 31.5 Å². The molecule has 156 valence electrons. The first-order valence-electron chi connectivity index (χ1n) is 9.76. The zero-order valence-electron chi connectivity index (χ0n) is 17.2. The van der Waals surface area contributed by atoms with Gasteiger partial charge in [-0.15, -0.1) is 0 Å². The molecule has 0 saturated heterocycles. The summed E-state index contributed by atoms with van der Waals surface area (Å²) in [7, 11) is 1.31. The second-order valence-corrected chi connectivity index (χ2v) is 6.43. The van der Waals surface area contributed by atoms with E-state index in [4.69, 9.17) is 14.2 Å². The number of carbonyl (C=O) groups excluding carboxylic acids is 2. The highest BCUT2D eigenvalue weighted by Gasteiger charge is 2.21. The Balaban J connectivity index is 2.19. The molecule has 7 nitrogen and oxygen atoms in total. The van der Waals surface area contributed by atoms with E-state index in [2.05, 4.69) is 10.3 Å². The molecule has 0 aliphatic heterocycles. The second kappa shape index (κ2) is 9.73. The van der Waals surface area contributed by atoms with Crippen molar-refractivity contribution in [2.24, 2.45) is 0 Å². The average Bonchev–Trinajstić information content (AvgIpc) is 2.77. The molecule has 1 heterocycles. The van der Waals surface area contributed by atoms with E-state index >= 15 is 0 Å². The molecule has 0 fully saturated rings. The van der Waals surface area contributed by atoms with Crippen LogP contribution in [0.1, 0.15) is 41.0 Å². The first-order chi connectivity index (χ1) is 14.6. The number of carbonyl (C=O) groups is 2. The first kappa shape index (κ1) is 21.1. The molecule has 1 aromatic heterocycles. The van der Waals surface area contributed by atoms with Gasteiger partial charge in [-0.3, -0.25) is 4.98 Å². The Morgan fingerprint density at radius 3 is 2.53 bits per heavy atom. The van der Waals surface area contributed by atoms with Crippen LogP contribution >= 0.6 is 0 Å². The van der Waals surface area contributed by atoms with E-state index < -0.39 is 11.9 Å². The van der Waals surface area contributed by atoms with E-state index in [1.807, 2.05) is 31.2 Å². The largest absolute Gasteiger partial charge is 0.491 e. The molecule has 0 saturated carbocycles. The Labute approximate surface area is 175 Å². The predicted octanol–water partition coefficient (Wildman–Crippen LogP) is 4.73. The minimum absolute atomic E-state index is 0.231. The quantitative estimate of drug-likeness (QED) is 0.539. The number of fused-ring (bicyclic) bond motifs is 1. The highest BCUT2D eigenvalue weighted by molar-refractivity contribution is 6.11. The number of aromatic nitrogens is 1. The van der Waals surface area contributed by atoms with Crippen molar-refractivity contribution in [2.75, 3.05) is 25.6 Å². The van der Waals surface area contributed by atoms with Gasteiger partial charge in [-0.1, -0.05) is 31.2 Å². The summed E-state index contributed by atoms with van der Waals surface area (Å²) in [6, 6.07) is 12.6. The van der Waals surface area contributed by atoms with Gasteiger partial charge in [0.25, 0.3) is 0 Å². The Bertz CT molecular complexity index is 1060. The molecule has 30 heavy (non-hydrogen) atoms. The van der Waals surface area contributed by atoms with Crippen molar-refractivity contribution in [1.29, 1.82) is 0 Å². The average molecular weight is 408 g/mol. The number of nitrogens with one attached hydrogen (secondary N) is 1. The Hall–Kier alpha value is -3.61. The number of methoxy groups -OCH3 is 1. The number of benzene rings is 2. The summed E-state index contributed by atoms with van der Waals surface area (Å²) in [4.78, 5) is 29.2. The van der Waals surface area contributed by atoms with E-state index in [1.165, 1.54) is 13.3 Å². The minimum Gasteiger partial charge on any atom is -0.491 e. The van der Waals surface area contributed by atoms with Crippen molar-refractivity contribution in [3.63, 3.8) is 0 Å². The molecule has 0 unspecified atom stereocenters. The topological polar surface area (TPSA) is 86.8 Å². The van der Waals surface area contributed by atoms with Crippen molar-refractivity contribution in [2.45, 2.75) is 20.3 Å². The fourth-order valence-electron chi connectivity index (χ4n) is 3.04. The highest BCUT2D eigenvalue weighted by atomic mass is 16.5. The monoisotopic (exact) mass is 408 g/mol. The standard InChI is InChI=1S/C23H24N2O5/c1-4-13-30-19-12-7-6-11-18(19)25-21-15-9-8-10-16(22(26)28-3)20(15)24-14-17(21)23(27)29-5-2/h6-12,14H,4-5,13H2,1-3H3,(H,24,25). The van der Waals surface area contributed by atoms with Crippen LogP contribution in [-0.4, -0.2) is 37.2 Å². The van der Waals surface area contributed by atoms with Crippen LogP contribution in [0, 0.1) is 0 Å². The number of para-hydroxylation sites is 3. The van der Waals surface area contributed by atoms with E-state index in [0.29, 0.717) is 40.2 Å². The molecule has 3 rings (SSSR count). The number of nitrogens with zero attached hydrogens (tertiary/aromatic N) is 1. The molecule has 0 spiro atoms. The smallest absolute Gasteiger partial charge is 0.341 e. The van der Waals surface area contributed by atoms with Crippen LogP contribution < -0.4 is 10.1 Å². The first-order valence-corrected chi connectivity index (χ1v) is 9.76. The second-order valence-electron chi connectivity index (χ2n) is 6.43. The lowest BCUT2D eigenvalue weighted by atomic mass is 10.0. The number of esters is 2. The van der Waals surface area contributed by atoms with E-state index in [1.54, 1.807) is 25.1 Å². The summed E-state index contributed by atoms with van der Waals surface area (Å²) in [5.74, 6) is -0.359. The predicted molar refractivity (Wildman–Crippen MR) is 115 cm³/mol. The normalized spacial score (nSPS) is 10.5. The third kappa shape index (κ3) is 4.35. The van der Waals surface area contributed by atoms with Gasteiger partial charge in [-0.25, -0.2) is 9.59 Å². The van der Waals surface area contributed by atoms with Gasteiger partial charge in [-0.2, -0.15) is 0 Å². The minimum atomic E-state index is -0.509. The number of rotatable bonds is 8. The van der Waals surface area contributed by atoms with Crippen molar-refractivity contribution in [3.05, 3.63) is 59.8 Å². The molecule has 7 heteroatoms. The molecule has 0 radical (unpaired) electrons. The van der Waals surface area contributed by atoms with Gasteiger partial charge in [0.2, 0.25) is 0 Å². The van der Waals surface area contributed by atoms with Crippen LogP contribution in [0.5, 0.6) is 5.75 Å². The number of ether oxygens (including phenoxy) is 3. The molecule has 0 aliphatic carbocycles. The lowest BCUT2D eigenvalue weighted by molar-refractivity contribution is 0.0526. The van der Waals surface area contributed by atoms with Gasteiger partial charge in [0.1, 0.15) is 11.3 Å². The Kier molecular flexibility index (Phi) is 6.85. The summed E-state index contributed by atoms with van der Waals surface area (Å²) >= 11 is 0. The zero-order valence-corrected chi connectivity index (χ0v) is 17.2.